The van der Waals surface area contributed by atoms with Gasteiger partial charge < -0.3 is 15.3 Å². The number of fused-ring (bicyclic) bond motifs is 2. The number of hydrogen-bond donors (Lipinski definition) is 2. The Hall–Kier alpha value is -2.04. The van der Waals surface area contributed by atoms with Gasteiger partial charge in [0.2, 0.25) is 0 Å². The molecule has 2 aliphatic rings. The number of urea groups is 1. The van der Waals surface area contributed by atoms with E-state index >= 15 is 0 Å². The molecule has 3 atom stereocenters. The minimum absolute atomic E-state index is 0.0712. The van der Waals surface area contributed by atoms with E-state index in [0.29, 0.717) is 6.42 Å². The summed E-state index contributed by atoms with van der Waals surface area (Å²) < 4.78 is 0. The van der Waals surface area contributed by atoms with E-state index in [1.165, 1.54) is 0 Å². The highest BCUT2D eigenvalue weighted by Crippen LogP contribution is 2.42. The van der Waals surface area contributed by atoms with Crippen LogP contribution >= 0.6 is 0 Å². The summed E-state index contributed by atoms with van der Waals surface area (Å²) in [6, 6.07) is 5.63. The second-order valence-electron chi connectivity index (χ2n) is 6.13. The monoisotopic (exact) mass is 288 g/mol. The van der Waals surface area contributed by atoms with Crippen LogP contribution in [0.5, 0.6) is 0 Å². The number of rotatable bonds is 2. The van der Waals surface area contributed by atoms with Crippen molar-refractivity contribution in [2.45, 2.75) is 45.2 Å². The summed E-state index contributed by atoms with van der Waals surface area (Å²) >= 11 is 0. The molecule has 5 heteroatoms. The van der Waals surface area contributed by atoms with Crippen LogP contribution < -0.4 is 5.32 Å². The highest BCUT2D eigenvalue weighted by Gasteiger charge is 2.51. The Balaban J connectivity index is 1.76. The van der Waals surface area contributed by atoms with Gasteiger partial charge in [0, 0.05) is 17.8 Å². The minimum atomic E-state index is -0.786. The number of nitrogens with one attached hydrogen (secondary N) is 1. The SMILES string of the molecule is Cc1ccc(NC(=O)N2C3CCC2C(C(=O)O)C3)c(C)c1. The van der Waals surface area contributed by atoms with Crippen molar-refractivity contribution < 1.29 is 14.7 Å². The predicted molar refractivity (Wildman–Crippen MR) is 79.3 cm³/mol. The zero-order valence-corrected chi connectivity index (χ0v) is 12.3. The van der Waals surface area contributed by atoms with Crippen LogP contribution in [0.2, 0.25) is 0 Å². The van der Waals surface area contributed by atoms with Gasteiger partial charge in [-0.05, 0) is 44.7 Å². The van der Waals surface area contributed by atoms with Crippen LogP contribution in [-0.4, -0.2) is 34.1 Å². The molecule has 21 heavy (non-hydrogen) atoms. The zero-order valence-electron chi connectivity index (χ0n) is 12.3. The molecule has 3 rings (SSSR count). The number of carbonyl (C=O) groups is 2. The van der Waals surface area contributed by atoms with Crippen LogP contribution in [0, 0.1) is 19.8 Å². The third-order valence-corrected chi connectivity index (χ3v) is 4.71. The fraction of sp³-hybridized carbons (Fsp3) is 0.500. The molecule has 0 radical (unpaired) electrons. The molecule has 2 bridgehead atoms. The predicted octanol–water partition coefficient (Wildman–Crippen LogP) is 2.77. The smallest absolute Gasteiger partial charge is 0.322 e. The van der Waals surface area contributed by atoms with Crippen LogP contribution in [0.3, 0.4) is 0 Å². The van der Waals surface area contributed by atoms with E-state index in [9.17, 15) is 14.7 Å². The molecule has 2 saturated heterocycles. The van der Waals surface area contributed by atoms with Gasteiger partial charge in [0.25, 0.3) is 0 Å². The molecule has 112 valence electrons. The Morgan fingerprint density at radius 1 is 1.29 bits per heavy atom. The van der Waals surface area contributed by atoms with E-state index in [2.05, 4.69) is 5.32 Å². The average Bonchev–Trinajstić information content (AvgIpc) is 2.99. The van der Waals surface area contributed by atoms with Gasteiger partial charge in [-0.25, -0.2) is 4.79 Å². The lowest BCUT2D eigenvalue weighted by Crippen LogP contribution is -2.40. The lowest BCUT2D eigenvalue weighted by molar-refractivity contribution is -0.142. The van der Waals surface area contributed by atoms with Crippen LogP contribution in [0.1, 0.15) is 30.4 Å². The topological polar surface area (TPSA) is 69.6 Å². The quantitative estimate of drug-likeness (QED) is 0.879. The largest absolute Gasteiger partial charge is 0.481 e. The van der Waals surface area contributed by atoms with E-state index in [1.807, 2.05) is 32.0 Å². The Labute approximate surface area is 123 Å². The van der Waals surface area contributed by atoms with Gasteiger partial charge in [-0.15, -0.1) is 0 Å². The Kier molecular flexibility index (Phi) is 3.35. The molecule has 1 aromatic rings. The number of benzene rings is 1. The van der Waals surface area contributed by atoms with E-state index in [0.717, 1.165) is 29.7 Å². The summed E-state index contributed by atoms with van der Waals surface area (Å²) in [4.78, 5) is 25.5. The summed E-state index contributed by atoms with van der Waals surface area (Å²) in [6.07, 6.45) is 2.29. The molecule has 2 aliphatic heterocycles. The highest BCUT2D eigenvalue weighted by atomic mass is 16.4. The van der Waals surface area contributed by atoms with Crippen molar-refractivity contribution in [3.8, 4) is 0 Å². The van der Waals surface area contributed by atoms with Gasteiger partial charge in [0.1, 0.15) is 0 Å². The van der Waals surface area contributed by atoms with Crippen molar-refractivity contribution >= 4 is 17.7 Å². The second-order valence-corrected chi connectivity index (χ2v) is 6.13. The molecule has 2 heterocycles. The standard InChI is InChI=1S/C16H20N2O3/c1-9-3-5-13(10(2)7-9)17-16(21)18-11-4-6-14(18)12(8-11)15(19)20/h3,5,7,11-12,14H,4,6,8H2,1-2H3,(H,17,21)(H,19,20). The van der Waals surface area contributed by atoms with Gasteiger partial charge in [-0.2, -0.15) is 0 Å². The van der Waals surface area contributed by atoms with E-state index in [4.69, 9.17) is 0 Å². The first-order valence-corrected chi connectivity index (χ1v) is 7.36. The zero-order chi connectivity index (χ0) is 15.1. The van der Waals surface area contributed by atoms with Crippen molar-refractivity contribution in [3.05, 3.63) is 29.3 Å². The summed E-state index contributed by atoms with van der Waals surface area (Å²) in [7, 11) is 0. The maximum absolute atomic E-state index is 12.5. The van der Waals surface area contributed by atoms with Gasteiger partial charge in [-0.3, -0.25) is 4.79 Å². The third-order valence-electron chi connectivity index (χ3n) is 4.71. The van der Waals surface area contributed by atoms with Crippen LogP contribution in [0.4, 0.5) is 10.5 Å². The van der Waals surface area contributed by atoms with Crippen LogP contribution in [0.25, 0.3) is 0 Å². The van der Waals surface area contributed by atoms with Crippen molar-refractivity contribution in [3.63, 3.8) is 0 Å². The first kappa shape index (κ1) is 13.9. The number of nitrogens with zero attached hydrogens (tertiary/aromatic N) is 1. The van der Waals surface area contributed by atoms with Gasteiger partial charge in [0.15, 0.2) is 0 Å². The lowest BCUT2D eigenvalue weighted by atomic mass is 9.89. The van der Waals surface area contributed by atoms with E-state index < -0.39 is 11.9 Å². The molecule has 3 unspecified atom stereocenters. The highest BCUT2D eigenvalue weighted by molar-refractivity contribution is 5.91. The van der Waals surface area contributed by atoms with Gasteiger partial charge in [-0.1, -0.05) is 17.7 Å². The first-order chi connectivity index (χ1) is 9.97. The molecular formula is C16H20N2O3. The third kappa shape index (κ3) is 2.37. The molecule has 5 nitrogen and oxygen atoms in total. The van der Waals surface area contributed by atoms with Crippen molar-refractivity contribution in [1.29, 1.82) is 0 Å². The van der Waals surface area contributed by atoms with Gasteiger partial charge >= 0.3 is 12.0 Å². The van der Waals surface area contributed by atoms with E-state index in [-0.39, 0.29) is 18.1 Å². The second kappa shape index (κ2) is 5.06. The number of carbonyl (C=O) groups excluding carboxylic acids is 1. The molecule has 2 amide bonds. The summed E-state index contributed by atoms with van der Waals surface area (Å²) in [5, 5.41) is 12.2. The Morgan fingerprint density at radius 3 is 2.67 bits per heavy atom. The number of carboxylic acid groups (broad SMARTS) is 1. The van der Waals surface area contributed by atoms with Gasteiger partial charge in [0.05, 0.1) is 5.92 Å². The maximum atomic E-state index is 12.5. The Morgan fingerprint density at radius 2 is 2.05 bits per heavy atom. The van der Waals surface area contributed by atoms with Crippen LogP contribution in [-0.2, 0) is 4.79 Å². The van der Waals surface area contributed by atoms with Crippen LogP contribution in [0.15, 0.2) is 18.2 Å². The van der Waals surface area contributed by atoms with Crippen molar-refractivity contribution in [2.75, 3.05) is 5.32 Å². The number of anilines is 1. The molecule has 2 fully saturated rings. The molecule has 0 aliphatic carbocycles. The van der Waals surface area contributed by atoms with E-state index in [1.54, 1.807) is 4.90 Å². The fourth-order valence-electron chi connectivity index (χ4n) is 3.70. The molecule has 0 aromatic heterocycles. The van der Waals surface area contributed by atoms with Crippen molar-refractivity contribution in [1.82, 2.24) is 4.90 Å². The average molecular weight is 288 g/mol. The number of hydrogen-bond acceptors (Lipinski definition) is 2. The molecule has 0 spiro atoms. The summed E-state index contributed by atoms with van der Waals surface area (Å²) in [6.45, 7) is 3.97. The molecule has 1 aromatic carbocycles. The lowest BCUT2D eigenvalue weighted by Gasteiger charge is -2.24. The number of aliphatic carboxylic acids is 1. The Bertz CT molecular complexity index is 599. The summed E-state index contributed by atoms with van der Waals surface area (Å²) in [5.74, 6) is -1.19. The first-order valence-electron chi connectivity index (χ1n) is 7.36. The number of aryl methyl sites for hydroxylation is 2. The molecular weight excluding hydrogens is 268 g/mol. The fourth-order valence-corrected chi connectivity index (χ4v) is 3.70. The number of carboxylic acids is 1. The van der Waals surface area contributed by atoms with Crippen molar-refractivity contribution in [2.24, 2.45) is 5.92 Å². The summed E-state index contributed by atoms with van der Waals surface area (Å²) in [5.41, 5.74) is 2.96. The normalized spacial score (nSPS) is 27.0. The molecule has 0 saturated carbocycles. The maximum Gasteiger partial charge on any atom is 0.322 e. The minimum Gasteiger partial charge on any atom is -0.481 e. The number of amides is 2. The molecule has 2 N–H and O–H groups in total.